The van der Waals surface area contributed by atoms with E-state index in [1.165, 1.54) is 0 Å². The summed E-state index contributed by atoms with van der Waals surface area (Å²) in [6.07, 6.45) is 2.10. The summed E-state index contributed by atoms with van der Waals surface area (Å²) < 4.78 is 11.0. The van der Waals surface area contributed by atoms with Crippen molar-refractivity contribution in [3.05, 3.63) is 11.5 Å². The zero-order valence-electron chi connectivity index (χ0n) is 15.3. The van der Waals surface area contributed by atoms with Gasteiger partial charge in [-0.05, 0) is 60.4 Å². The zero-order chi connectivity index (χ0) is 18.1. The summed E-state index contributed by atoms with van der Waals surface area (Å²) >= 11 is 0. The molecule has 0 bridgehead atoms. The second-order valence-corrected chi connectivity index (χ2v) is 8.02. The fourth-order valence-electron chi connectivity index (χ4n) is 1.96. The summed E-state index contributed by atoms with van der Waals surface area (Å²) in [6, 6.07) is -0.516. The van der Waals surface area contributed by atoms with E-state index in [9.17, 15) is 14.9 Å². The average Bonchev–Trinajstić information content (AvgIpc) is 2.35. The van der Waals surface area contributed by atoms with E-state index in [4.69, 9.17) is 9.39 Å². The number of carbonyl (C=O) groups excluding carboxylic acids is 1. The third kappa shape index (κ3) is 5.92. The molecule has 1 aliphatic heterocycles. The van der Waals surface area contributed by atoms with Crippen LogP contribution >= 0.6 is 0 Å². The molecular weight excluding hydrogens is 297 g/mol. The summed E-state index contributed by atoms with van der Waals surface area (Å²) in [7, 11) is -1.18. The van der Waals surface area contributed by atoms with Gasteiger partial charge in [-0.2, -0.15) is 0 Å². The monoisotopic (exact) mass is 327 g/mol. The Kier molecular flexibility index (Phi) is 6.07. The molecule has 1 heterocycles. The highest BCUT2D eigenvalue weighted by molar-refractivity contribution is 6.52. The normalized spacial score (nSPS) is 20.0. The number of hydrogen-bond acceptors (Lipinski definition) is 6. The predicted molar refractivity (Wildman–Crippen MR) is 89.8 cm³/mol. The largest absolute Gasteiger partial charge is 0.487 e. The first-order chi connectivity index (χ1) is 10.2. The summed E-state index contributed by atoms with van der Waals surface area (Å²) in [6.45, 7) is 12.6. The predicted octanol–water partition coefficient (Wildman–Crippen LogP) is 1.20. The van der Waals surface area contributed by atoms with Crippen molar-refractivity contribution in [3.8, 4) is 0 Å². The van der Waals surface area contributed by atoms with Crippen LogP contribution in [-0.2, 0) is 14.2 Å². The number of hydrogen-bond donors (Lipinski definition) is 3. The Morgan fingerprint density at radius 1 is 1.26 bits per heavy atom. The van der Waals surface area contributed by atoms with Crippen molar-refractivity contribution in [1.82, 2.24) is 5.32 Å². The fraction of sp³-hybridized carbons (Fsp3) is 0.812. The van der Waals surface area contributed by atoms with E-state index < -0.39 is 30.0 Å². The standard InChI is InChI=1S/C16H30BNO5/c1-14(2,3)22-13(19)12-10-11(8-9-18-12)17(21)23-16(6,7)15(4,5)20/h8,12,18,20-21H,9-10H2,1-7H3. The number of ether oxygens (including phenoxy) is 1. The summed E-state index contributed by atoms with van der Waals surface area (Å²) in [5.74, 6) is -0.350. The topological polar surface area (TPSA) is 88.0 Å². The molecular formula is C16H30BNO5. The van der Waals surface area contributed by atoms with Crippen LogP contribution < -0.4 is 5.32 Å². The van der Waals surface area contributed by atoms with Gasteiger partial charge in [-0.15, -0.1) is 0 Å². The maximum Gasteiger partial charge on any atom is 0.487 e. The van der Waals surface area contributed by atoms with Gasteiger partial charge < -0.3 is 24.8 Å². The van der Waals surface area contributed by atoms with Crippen LogP contribution in [0.1, 0.15) is 54.9 Å². The highest BCUT2D eigenvalue weighted by Gasteiger charge is 2.41. The zero-order valence-corrected chi connectivity index (χ0v) is 15.3. The first-order valence-corrected chi connectivity index (χ1v) is 7.96. The van der Waals surface area contributed by atoms with Crippen molar-refractivity contribution in [2.24, 2.45) is 0 Å². The van der Waals surface area contributed by atoms with Crippen molar-refractivity contribution in [1.29, 1.82) is 0 Å². The lowest BCUT2D eigenvalue weighted by Crippen LogP contribution is -2.52. The molecule has 6 nitrogen and oxygen atoms in total. The number of rotatable bonds is 5. The van der Waals surface area contributed by atoms with Crippen LogP contribution in [-0.4, -0.2) is 52.6 Å². The Morgan fingerprint density at radius 3 is 2.30 bits per heavy atom. The van der Waals surface area contributed by atoms with Gasteiger partial charge in [0, 0.05) is 6.54 Å². The van der Waals surface area contributed by atoms with Crippen molar-refractivity contribution < 1.29 is 24.3 Å². The molecule has 1 rings (SSSR count). The number of aliphatic hydroxyl groups is 1. The lowest BCUT2D eigenvalue weighted by atomic mass is 9.72. The van der Waals surface area contributed by atoms with Crippen molar-refractivity contribution in [3.63, 3.8) is 0 Å². The molecule has 0 saturated heterocycles. The Balaban J connectivity index is 2.71. The van der Waals surface area contributed by atoms with Gasteiger partial charge in [-0.3, -0.25) is 4.79 Å². The molecule has 0 aromatic rings. The van der Waals surface area contributed by atoms with Crippen LogP contribution in [0.4, 0.5) is 0 Å². The van der Waals surface area contributed by atoms with Crippen LogP contribution in [0.2, 0.25) is 0 Å². The Morgan fingerprint density at radius 2 is 1.83 bits per heavy atom. The van der Waals surface area contributed by atoms with Gasteiger partial charge in [0.15, 0.2) is 0 Å². The molecule has 1 unspecified atom stereocenters. The molecule has 0 aliphatic carbocycles. The minimum Gasteiger partial charge on any atom is -0.459 e. The molecule has 0 amide bonds. The molecule has 3 N–H and O–H groups in total. The molecule has 1 aliphatic rings. The average molecular weight is 327 g/mol. The summed E-state index contributed by atoms with van der Waals surface area (Å²) in [5.41, 5.74) is -2.01. The number of carbonyl (C=O) groups is 1. The van der Waals surface area contributed by atoms with Gasteiger partial charge in [-0.1, -0.05) is 6.08 Å². The van der Waals surface area contributed by atoms with E-state index in [2.05, 4.69) is 5.32 Å². The van der Waals surface area contributed by atoms with Crippen molar-refractivity contribution in [2.75, 3.05) is 6.54 Å². The first-order valence-electron chi connectivity index (χ1n) is 7.96. The Labute approximate surface area is 139 Å². The fourth-order valence-corrected chi connectivity index (χ4v) is 1.96. The highest BCUT2D eigenvalue weighted by Crippen LogP contribution is 2.28. The minimum absolute atomic E-state index is 0.304. The third-order valence-corrected chi connectivity index (χ3v) is 4.06. The molecule has 0 saturated carbocycles. The maximum absolute atomic E-state index is 12.2. The second-order valence-electron chi connectivity index (χ2n) is 8.02. The van der Waals surface area contributed by atoms with Gasteiger partial charge in [-0.25, -0.2) is 0 Å². The maximum atomic E-state index is 12.2. The second kappa shape index (κ2) is 6.93. The molecule has 0 radical (unpaired) electrons. The van der Waals surface area contributed by atoms with Crippen molar-refractivity contribution in [2.45, 2.75) is 77.7 Å². The Hall–Kier alpha value is -0.885. The molecule has 0 spiro atoms. The van der Waals surface area contributed by atoms with E-state index in [0.717, 1.165) is 0 Å². The Bertz CT molecular complexity index is 462. The van der Waals surface area contributed by atoms with Gasteiger partial charge in [0.1, 0.15) is 11.6 Å². The van der Waals surface area contributed by atoms with Gasteiger partial charge in [0.25, 0.3) is 0 Å². The van der Waals surface area contributed by atoms with Crippen LogP contribution in [0.15, 0.2) is 11.5 Å². The quantitative estimate of drug-likeness (QED) is 0.519. The van der Waals surface area contributed by atoms with E-state index in [1.807, 2.05) is 20.8 Å². The smallest absolute Gasteiger partial charge is 0.459 e. The molecule has 23 heavy (non-hydrogen) atoms. The van der Waals surface area contributed by atoms with E-state index in [-0.39, 0.29) is 5.97 Å². The number of nitrogens with one attached hydrogen (secondary N) is 1. The van der Waals surface area contributed by atoms with Gasteiger partial charge >= 0.3 is 13.1 Å². The van der Waals surface area contributed by atoms with Gasteiger partial charge in [0.2, 0.25) is 0 Å². The number of esters is 1. The molecule has 0 aromatic heterocycles. The molecule has 1 atom stereocenters. The van der Waals surface area contributed by atoms with Crippen LogP contribution in [0.5, 0.6) is 0 Å². The SMILES string of the molecule is CC(C)(C)OC(=O)C1CC(B(O)OC(C)(C)C(C)(C)O)=CCN1. The molecule has 132 valence electrons. The minimum atomic E-state index is -1.18. The van der Waals surface area contributed by atoms with Crippen LogP contribution in [0.25, 0.3) is 0 Å². The lowest BCUT2D eigenvalue weighted by molar-refractivity contribution is -0.157. The third-order valence-electron chi connectivity index (χ3n) is 4.06. The summed E-state index contributed by atoms with van der Waals surface area (Å²) in [5, 5.41) is 23.5. The first kappa shape index (κ1) is 20.2. The molecule has 0 fully saturated rings. The van der Waals surface area contributed by atoms with Gasteiger partial charge in [0.05, 0.1) is 11.2 Å². The molecule has 7 heteroatoms. The summed E-state index contributed by atoms with van der Waals surface area (Å²) in [4.78, 5) is 12.2. The van der Waals surface area contributed by atoms with Crippen LogP contribution in [0.3, 0.4) is 0 Å². The molecule has 0 aromatic carbocycles. The lowest BCUT2D eigenvalue weighted by Gasteiger charge is -2.39. The van der Waals surface area contributed by atoms with E-state index in [0.29, 0.717) is 18.4 Å². The van der Waals surface area contributed by atoms with Crippen molar-refractivity contribution >= 4 is 13.1 Å². The van der Waals surface area contributed by atoms with Crippen LogP contribution in [0, 0.1) is 0 Å². The van der Waals surface area contributed by atoms with E-state index >= 15 is 0 Å². The highest BCUT2D eigenvalue weighted by atomic mass is 16.6. The van der Waals surface area contributed by atoms with E-state index in [1.54, 1.807) is 33.8 Å².